The quantitative estimate of drug-likeness (QED) is 0.301. The van der Waals surface area contributed by atoms with Crippen molar-refractivity contribution < 1.29 is 23.1 Å². The Labute approximate surface area is 187 Å². The summed E-state index contributed by atoms with van der Waals surface area (Å²) in [5, 5.41) is 14.6. The van der Waals surface area contributed by atoms with Crippen LogP contribution in [0, 0.1) is 0 Å². The third kappa shape index (κ3) is 4.84. The third-order valence-electron chi connectivity index (χ3n) is 5.20. The molecule has 0 atom stereocenters. The summed E-state index contributed by atoms with van der Waals surface area (Å²) in [4.78, 5) is 10.6. The monoisotopic (exact) mass is 455 g/mol. The van der Waals surface area contributed by atoms with Crippen molar-refractivity contribution in [3.8, 4) is 22.3 Å². The fraction of sp³-hybridized carbons (Fsp3) is 0.160. The molecule has 0 spiro atoms. The maximum atomic E-state index is 13.9. The number of hydrogen-bond donors (Lipinski definition) is 2. The predicted molar refractivity (Wildman–Crippen MR) is 122 cm³/mol. The van der Waals surface area contributed by atoms with Crippen molar-refractivity contribution in [2.24, 2.45) is 0 Å². The van der Waals surface area contributed by atoms with E-state index in [1.165, 1.54) is 23.5 Å². The molecule has 0 radical (unpaired) electrons. The Balaban J connectivity index is 1.70. The van der Waals surface area contributed by atoms with Gasteiger partial charge in [0.25, 0.3) is 0 Å². The van der Waals surface area contributed by atoms with Crippen molar-refractivity contribution in [3.05, 3.63) is 83.2 Å². The van der Waals surface area contributed by atoms with Gasteiger partial charge in [0.1, 0.15) is 0 Å². The Morgan fingerprint density at radius 1 is 0.938 bits per heavy atom. The Morgan fingerprint density at radius 2 is 1.72 bits per heavy atom. The van der Waals surface area contributed by atoms with Gasteiger partial charge in [0, 0.05) is 28.7 Å². The van der Waals surface area contributed by atoms with Crippen molar-refractivity contribution in [3.63, 3.8) is 0 Å². The zero-order valence-electron chi connectivity index (χ0n) is 16.9. The summed E-state index contributed by atoms with van der Waals surface area (Å²) < 4.78 is 42.7. The number of alkyl halides is 3. The molecule has 7 heteroatoms. The summed E-state index contributed by atoms with van der Waals surface area (Å²) in [5.74, 6) is -0.868. The molecule has 2 N–H and O–H groups in total. The molecule has 3 nitrogen and oxygen atoms in total. The largest absolute Gasteiger partial charge is 0.481 e. The minimum Gasteiger partial charge on any atom is -0.481 e. The third-order valence-corrected chi connectivity index (χ3v) is 6.17. The number of nitrogens with one attached hydrogen (secondary N) is 1. The lowest BCUT2D eigenvalue weighted by atomic mass is 9.94. The van der Waals surface area contributed by atoms with E-state index in [2.05, 4.69) is 5.32 Å². The Morgan fingerprint density at radius 3 is 2.44 bits per heavy atom. The van der Waals surface area contributed by atoms with Crippen LogP contribution in [0.2, 0.25) is 0 Å². The molecule has 1 heterocycles. The normalized spacial score (nSPS) is 11.7. The molecule has 0 saturated heterocycles. The number of rotatable bonds is 7. The van der Waals surface area contributed by atoms with E-state index in [0.717, 1.165) is 21.2 Å². The first-order valence-corrected chi connectivity index (χ1v) is 10.9. The van der Waals surface area contributed by atoms with Crippen molar-refractivity contribution >= 4 is 27.4 Å². The topological polar surface area (TPSA) is 49.3 Å². The van der Waals surface area contributed by atoms with Gasteiger partial charge in [0.2, 0.25) is 0 Å². The summed E-state index contributed by atoms with van der Waals surface area (Å²) in [6.45, 7) is 0.832. The molecule has 4 rings (SSSR count). The molecule has 0 aliphatic carbocycles. The molecular formula is C25H20F3NO2S. The molecule has 4 aromatic rings. The molecule has 1 aromatic heterocycles. The second-order valence-electron chi connectivity index (χ2n) is 7.42. The first-order valence-electron chi connectivity index (χ1n) is 10.0. The molecule has 0 aliphatic heterocycles. The second-order valence-corrected chi connectivity index (χ2v) is 8.34. The zero-order chi connectivity index (χ0) is 22.7. The summed E-state index contributed by atoms with van der Waals surface area (Å²) in [6.07, 6.45) is -4.45. The van der Waals surface area contributed by atoms with Crippen LogP contribution in [0.3, 0.4) is 0 Å². The highest BCUT2D eigenvalue weighted by Gasteiger charge is 2.34. The van der Waals surface area contributed by atoms with Gasteiger partial charge in [-0.25, -0.2) is 0 Å². The van der Waals surface area contributed by atoms with Crippen LogP contribution in [-0.2, 0) is 17.5 Å². The first-order chi connectivity index (χ1) is 15.3. The van der Waals surface area contributed by atoms with Gasteiger partial charge in [0.05, 0.1) is 12.0 Å². The number of aliphatic carboxylic acids is 1. The molecule has 164 valence electrons. The summed E-state index contributed by atoms with van der Waals surface area (Å²) in [6, 6.07) is 18.9. The number of carboxylic acid groups (broad SMARTS) is 1. The highest BCUT2D eigenvalue weighted by Crippen LogP contribution is 2.41. The Hall–Kier alpha value is -3.16. The fourth-order valence-electron chi connectivity index (χ4n) is 3.65. The lowest BCUT2D eigenvalue weighted by Gasteiger charge is -2.15. The average molecular weight is 456 g/mol. The average Bonchev–Trinajstić information content (AvgIpc) is 3.19. The van der Waals surface area contributed by atoms with E-state index in [0.29, 0.717) is 24.2 Å². The van der Waals surface area contributed by atoms with Crippen LogP contribution < -0.4 is 5.32 Å². The van der Waals surface area contributed by atoms with Crippen LogP contribution >= 0.6 is 11.3 Å². The molecule has 0 saturated carbocycles. The maximum absolute atomic E-state index is 13.9. The highest BCUT2D eigenvalue weighted by atomic mass is 32.1. The predicted octanol–water partition coefficient (Wildman–Crippen LogP) is 6.82. The van der Waals surface area contributed by atoms with Gasteiger partial charge in [-0.1, -0.05) is 48.5 Å². The molecule has 0 fully saturated rings. The smallest absolute Gasteiger partial charge is 0.417 e. The van der Waals surface area contributed by atoms with E-state index in [1.807, 2.05) is 23.6 Å². The van der Waals surface area contributed by atoms with Crippen LogP contribution in [0.5, 0.6) is 0 Å². The van der Waals surface area contributed by atoms with Gasteiger partial charge in [-0.05, 0) is 45.8 Å². The molecule has 0 amide bonds. The standard InChI is InChI=1S/C25H20F3NO2S/c26-25(27,28)22-13-18(7-8-19(22)17-4-2-1-3-5-17)21-15-32-23-9-6-16(12-20(21)23)14-29-11-10-24(30)31/h1-9,12-13,15,29H,10-11,14H2,(H,30,31). The van der Waals surface area contributed by atoms with Crippen LogP contribution in [0.1, 0.15) is 17.5 Å². The summed E-state index contributed by atoms with van der Waals surface area (Å²) in [7, 11) is 0. The fourth-order valence-corrected chi connectivity index (χ4v) is 4.60. The van der Waals surface area contributed by atoms with Gasteiger partial charge >= 0.3 is 12.1 Å². The Kier molecular flexibility index (Phi) is 6.30. The van der Waals surface area contributed by atoms with Crippen molar-refractivity contribution in [1.29, 1.82) is 0 Å². The van der Waals surface area contributed by atoms with Crippen LogP contribution in [-0.4, -0.2) is 17.6 Å². The van der Waals surface area contributed by atoms with Gasteiger partial charge < -0.3 is 10.4 Å². The van der Waals surface area contributed by atoms with E-state index in [4.69, 9.17) is 5.11 Å². The van der Waals surface area contributed by atoms with Gasteiger partial charge in [-0.3, -0.25) is 4.79 Å². The molecule has 0 aliphatic rings. The number of carbonyl (C=O) groups is 1. The lowest BCUT2D eigenvalue weighted by molar-refractivity contribution is -0.137. The number of fused-ring (bicyclic) bond motifs is 1. The van der Waals surface area contributed by atoms with Gasteiger partial charge in [-0.2, -0.15) is 13.2 Å². The van der Waals surface area contributed by atoms with Gasteiger partial charge in [-0.15, -0.1) is 11.3 Å². The minimum absolute atomic E-state index is 0.0277. The number of carboxylic acids is 1. The SMILES string of the molecule is O=C(O)CCNCc1ccc2scc(-c3ccc(-c4ccccc4)c(C(F)(F)F)c3)c2c1. The van der Waals surface area contributed by atoms with Gasteiger partial charge in [0.15, 0.2) is 0 Å². The van der Waals surface area contributed by atoms with Crippen LogP contribution in [0.15, 0.2) is 72.1 Å². The van der Waals surface area contributed by atoms with E-state index in [-0.39, 0.29) is 12.0 Å². The van der Waals surface area contributed by atoms with E-state index < -0.39 is 17.7 Å². The first kappa shape index (κ1) is 22.0. The van der Waals surface area contributed by atoms with Crippen molar-refractivity contribution in [2.75, 3.05) is 6.54 Å². The van der Waals surface area contributed by atoms with E-state index in [1.54, 1.807) is 36.4 Å². The van der Waals surface area contributed by atoms with Crippen molar-refractivity contribution in [2.45, 2.75) is 19.1 Å². The lowest BCUT2D eigenvalue weighted by Crippen LogP contribution is -2.17. The zero-order valence-corrected chi connectivity index (χ0v) is 17.8. The molecular weight excluding hydrogens is 435 g/mol. The number of hydrogen-bond acceptors (Lipinski definition) is 3. The van der Waals surface area contributed by atoms with Crippen LogP contribution in [0.4, 0.5) is 13.2 Å². The Bertz CT molecular complexity index is 1250. The molecule has 32 heavy (non-hydrogen) atoms. The number of thiophene rings is 1. The summed E-state index contributed by atoms with van der Waals surface area (Å²) in [5.41, 5.74) is 2.23. The minimum atomic E-state index is -4.48. The van der Waals surface area contributed by atoms with E-state index in [9.17, 15) is 18.0 Å². The van der Waals surface area contributed by atoms with Crippen LogP contribution in [0.25, 0.3) is 32.3 Å². The van der Waals surface area contributed by atoms with Crippen molar-refractivity contribution in [1.82, 2.24) is 5.32 Å². The van der Waals surface area contributed by atoms with E-state index >= 15 is 0 Å². The second kappa shape index (κ2) is 9.14. The molecule has 0 unspecified atom stereocenters. The summed E-state index contributed by atoms with van der Waals surface area (Å²) >= 11 is 1.48. The number of halogens is 3. The molecule has 3 aromatic carbocycles. The maximum Gasteiger partial charge on any atom is 0.417 e. The molecule has 0 bridgehead atoms. The number of benzene rings is 3. The highest BCUT2D eigenvalue weighted by molar-refractivity contribution is 7.17.